The highest BCUT2D eigenvalue weighted by molar-refractivity contribution is 14.1. The van der Waals surface area contributed by atoms with Crippen LogP contribution in [0.5, 0.6) is 0 Å². The van der Waals surface area contributed by atoms with Crippen molar-refractivity contribution in [1.82, 2.24) is 5.43 Å². The lowest BCUT2D eigenvalue weighted by atomic mass is 10.1. The van der Waals surface area contributed by atoms with Gasteiger partial charge in [-0.05, 0) is 70.6 Å². The SMILES string of the molecule is O=C1NN(c2ccc(I)cc2)C(=O)/C1=C\c1ccc(C(=O)O)cc1. The Morgan fingerprint density at radius 3 is 2.25 bits per heavy atom. The molecule has 2 aromatic carbocycles. The van der Waals surface area contributed by atoms with Crippen molar-refractivity contribution >= 4 is 52.1 Å². The molecule has 1 fully saturated rings. The molecule has 1 aliphatic heterocycles. The van der Waals surface area contributed by atoms with Crippen LogP contribution in [0.4, 0.5) is 5.69 Å². The largest absolute Gasteiger partial charge is 0.478 e. The fourth-order valence-corrected chi connectivity index (χ4v) is 2.58. The molecule has 2 aromatic rings. The van der Waals surface area contributed by atoms with Crippen LogP contribution >= 0.6 is 22.6 Å². The number of carboxylic acid groups (broad SMARTS) is 1. The number of benzene rings is 2. The molecule has 0 atom stereocenters. The van der Waals surface area contributed by atoms with Crippen molar-refractivity contribution in [2.24, 2.45) is 0 Å². The average Bonchev–Trinajstić information content (AvgIpc) is 2.84. The van der Waals surface area contributed by atoms with E-state index < -0.39 is 17.8 Å². The average molecular weight is 434 g/mol. The first kappa shape index (κ1) is 16.2. The monoisotopic (exact) mass is 434 g/mol. The Morgan fingerprint density at radius 2 is 1.67 bits per heavy atom. The summed E-state index contributed by atoms with van der Waals surface area (Å²) in [6.45, 7) is 0. The van der Waals surface area contributed by atoms with Crippen LogP contribution in [-0.2, 0) is 9.59 Å². The van der Waals surface area contributed by atoms with Gasteiger partial charge in [0, 0.05) is 3.57 Å². The van der Waals surface area contributed by atoms with Crippen molar-refractivity contribution in [3.05, 3.63) is 68.8 Å². The predicted octanol–water partition coefficient (Wildman–Crippen LogP) is 2.45. The maximum Gasteiger partial charge on any atom is 0.335 e. The summed E-state index contributed by atoms with van der Waals surface area (Å²) in [5, 5.41) is 10.1. The number of carboxylic acids is 1. The Labute approximate surface area is 150 Å². The highest BCUT2D eigenvalue weighted by Crippen LogP contribution is 2.22. The van der Waals surface area contributed by atoms with Crippen LogP contribution in [0, 0.1) is 3.57 Å². The van der Waals surface area contributed by atoms with Crippen LogP contribution in [0.3, 0.4) is 0 Å². The number of nitrogens with one attached hydrogen (secondary N) is 1. The van der Waals surface area contributed by atoms with E-state index >= 15 is 0 Å². The number of aromatic carboxylic acids is 1. The minimum absolute atomic E-state index is 0.00312. The fourth-order valence-electron chi connectivity index (χ4n) is 2.22. The highest BCUT2D eigenvalue weighted by Gasteiger charge is 2.34. The number of hydrogen-bond acceptors (Lipinski definition) is 3. The Bertz CT molecular complexity index is 857. The quantitative estimate of drug-likeness (QED) is 0.442. The molecule has 3 rings (SSSR count). The van der Waals surface area contributed by atoms with E-state index in [-0.39, 0.29) is 11.1 Å². The summed E-state index contributed by atoms with van der Waals surface area (Å²) in [6.07, 6.45) is 1.44. The first-order valence-electron chi connectivity index (χ1n) is 6.92. The number of hydrazine groups is 1. The molecule has 7 heteroatoms. The van der Waals surface area contributed by atoms with Gasteiger partial charge in [0.1, 0.15) is 5.57 Å². The van der Waals surface area contributed by atoms with Crippen LogP contribution in [0.15, 0.2) is 54.1 Å². The molecule has 24 heavy (non-hydrogen) atoms. The smallest absolute Gasteiger partial charge is 0.335 e. The van der Waals surface area contributed by atoms with Gasteiger partial charge in [0.25, 0.3) is 11.8 Å². The summed E-state index contributed by atoms with van der Waals surface area (Å²) in [5.74, 6) is -1.99. The van der Waals surface area contributed by atoms with Gasteiger partial charge in [-0.15, -0.1) is 0 Å². The lowest BCUT2D eigenvalue weighted by molar-refractivity contribution is -0.117. The molecule has 0 spiro atoms. The van der Waals surface area contributed by atoms with E-state index in [1.54, 1.807) is 24.3 Å². The van der Waals surface area contributed by atoms with Crippen molar-refractivity contribution in [3.8, 4) is 0 Å². The van der Waals surface area contributed by atoms with Gasteiger partial charge in [-0.3, -0.25) is 15.0 Å². The number of carbonyl (C=O) groups excluding carboxylic acids is 2. The van der Waals surface area contributed by atoms with Crippen molar-refractivity contribution in [3.63, 3.8) is 0 Å². The Kier molecular flexibility index (Phi) is 4.34. The Morgan fingerprint density at radius 1 is 1.04 bits per heavy atom. The minimum atomic E-state index is -1.03. The summed E-state index contributed by atoms with van der Waals surface area (Å²) < 4.78 is 1.02. The highest BCUT2D eigenvalue weighted by atomic mass is 127. The molecule has 120 valence electrons. The second-order valence-corrected chi connectivity index (χ2v) is 6.29. The first-order chi connectivity index (χ1) is 11.5. The number of amides is 2. The van der Waals surface area contributed by atoms with Gasteiger partial charge >= 0.3 is 5.97 Å². The lowest BCUT2D eigenvalue weighted by Crippen LogP contribution is -2.35. The van der Waals surface area contributed by atoms with E-state index in [2.05, 4.69) is 28.0 Å². The van der Waals surface area contributed by atoms with Gasteiger partial charge in [0.05, 0.1) is 11.3 Å². The molecule has 6 nitrogen and oxygen atoms in total. The topological polar surface area (TPSA) is 86.7 Å². The number of carbonyl (C=O) groups is 3. The van der Waals surface area contributed by atoms with Gasteiger partial charge in [0.15, 0.2) is 0 Å². The molecule has 0 unspecified atom stereocenters. The van der Waals surface area contributed by atoms with Gasteiger partial charge in [-0.1, -0.05) is 12.1 Å². The molecule has 0 bridgehead atoms. The Balaban J connectivity index is 1.88. The summed E-state index contributed by atoms with van der Waals surface area (Å²) >= 11 is 2.15. The molecule has 2 amide bonds. The van der Waals surface area contributed by atoms with Crippen LogP contribution in [0.2, 0.25) is 0 Å². The third kappa shape index (κ3) is 3.16. The molecule has 0 aliphatic carbocycles. The molecular weight excluding hydrogens is 423 g/mol. The second-order valence-electron chi connectivity index (χ2n) is 5.04. The predicted molar refractivity (Wildman–Crippen MR) is 96.2 cm³/mol. The third-order valence-electron chi connectivity index (χ3n) is 3.44. The number of halogens is 1. The number of anilines is 1. The molecule has 0 aromatic heterocycles. The van der Waals surface area contributed by atoms with E-state index in [0.29, 0.717) is 11.3 Å². The second kappa shape index (κ2) is 6.44. The third-order valence-corrected chi connectivity index (χ3v) is 4.16. The summed E-state index contributed by atoms with van der Waals surface area (Å²) in [4.78, 5) is 35.4. The zero-order chi connectivity index (χ0) is 17.3. The van der Waals surface area contributed by atoms with Crippen molar-refractivity contribution in [2.45, 2.75) is 0 Å². The summed E-state index contributed by atoms with van der Waals surface area (Å²) in [6, 6.07) is 13.1. The van der Waals surface area contributed by atoms with Crippen LogP contribution in [0.25, 0.3) is 6.08 Å². The zero-order valence-electron chi connectivity index (χ0n) is 12.2. The van der Waals surface area contributed by atoms with Crippen LogP contribution in [-0.4, -0.2) is 22.9 Å². The normalized spacial score (nSPS) is 15.7. The van der Waals surface area contributed by atoms with Crippen molar-refractivity contribution < 1.29 is 19.5 Å². The van der Waals surface area contributed by atoms with E-state index in [1.165, 1.54) is 23.2 Å². The number of nitrogens with zero attached hydrogens (tertiary/aromatic N) is 1. The fraction of sp³-hybridized carbons (Fsp3) is 0. The maximum absolute atomic E-state index is 12.5. The molecular formula is C17H11IN2O4. The molecule has 1 aliphatic rings. The molecule has 1 heterocycles. The lowest BCUT2D eigenvalue weighted by Gasteiger charge is -2.14. The van der Waals surface area contributed by atoms with Crippen molar-refractivity contribution in [2.75, 3.05) is 5.01 Å². The number of rotatable bonds is 3. The number of hydrogen-bond donors (Lipinski definition) is 2. The van der Waals surface area contributed by atoms with E-state index in [1.807, 2.05) is 12.1 Å². The first-order valence-corrected chi connectivity index (χ1v) is 7.99. The van der Waals surface area contributed by atoms with Crippen molar-refractivity contribution in [1.29, 1.82) is 0 Å². The van der Waals surface area contributed by atoms with Gasteiger partial charge in [-0.25, -0.2) is 9.80 Å². The summed E-state index contributed by atoms with van der Waals surface area (Å²) in [5.41, 5.74) is 3.80. The van der Waals surface area contributed by atoms with Gasteiger partial charge < -0.3 is 5.11 Å². The Hall–Kier alpha value is -2.68. The van der Waals surface area contributed by atoms with Gasteiger partial charge in [-0.2, -0.15) is 0 Å². The van der Waals surface area contributed by atoms with E-state index in [9.17, 15) is 14.4 Å². The van der Waals surface area contributed by atoms with Gasteiger partial charge in [0.2, 0.25) is 0 Å². The van der Waals surface area contributed by atoms with Crippen LogP contribution in [0.1, 0.15) is 15.9 Å². The standard InChI is InChI=1S/C17H11IN2O4/c18-12-5-7-13(8-6-12)20-16(22)14(15(21)19-20)9-10-1-3-11(4-2-10)17(23)24/h1-9H,(H,19,21)(H,23,24)/b14-9-. The van der Waals surface area contributed by atoms with Crippen LogP contribution < -0.4 is 10.4 Å². The molecule has 0 radical (unpaired) electrons. The van der Waals surface area contributed by atoms with E-state index in [0.717, 1.165) is 3.57 Å². The molecule has 1 saturated heterocycles. The summed E-state index contributed by atoms with van der Waals surface area (Å²) in [7, 11) is 0. The molecule has 0 saturated carbocycles. The minimum Gasteiger partial charge on any atom is -0.478 e. The maximum atomic E-state index is 12.5. The molecule has 2 N–H and O–H groups in total. The van der Waals surface area contributed by atoms with E-state index in [4.69, 9.17) is 5.11 Å². The zero-order valence-corrected chi connectivity index (χ0v) is 14.4.